The third-order valence-corrected chi connectivity index (χ3v) is 5.40. The summed E-state index contributed by atoms with van der Waals surface area (Å²) in [6.45, 7) is 0. The zero-order valence-corrected chi connectivity index (χ0v) is 13.9. The van der Waals surface area contributed by atoms with Gasteiger partial charge >= 0.3 is 5.97 Å². The second kappa shape index (κ2) is 5.42. The summed E-state index contributed by atoms with van der Waals surface area (Å²) in [6.07, 6.45) is 0.590. The monoisotopic (exact) mass is 368 g/mol. The molecule has 1 aliphatic carbocycles. The molecule has 21 heavy (non-hydrogen) atoms. The van der Waals surface area contributed by atoms with Crippen LogP contribution in [0.5, 0.6) is 5.75 Å². The molecule has 4 nitrogen and oxygen atoms in total. The molecule has 0 N–H and O–H groups in total. The van der Waals surface area contributed by atoms with Crippen LogP contribution >= 0.6 is 27.3 Å². The number of esters is 1. The zero-order valence-electron chi connectivity index (χ0n) is 11.5. The Morgan fingerprint density at radius 1 is 1.24 bits per heavy atom. The van der Waals surface area contributed by atoms with Crippen LogP contribution in [0.3, 0.4) is 0 Å². The summed E-state index contributed by atoms with van der Waals surface area (Å²) in [5, 5.41) is 0.992. The number of fused-ring (bicyclic) bond motifs is 1. The van der Waals surface area contributed by atoms with Gasteiger partial charge in [-0.05, 0) is 45.9 Å². The second-order valence-electron chi connectivity index (χ2n) is 4.97. The highest BCUT2D eigenvalue weighted by Crippen LogP contribution is 2.44. The number of hydrogen-bond donors (Lipinski definition) is 0. The second-order valence-corrected chi connectivity index (χ2v) is 6.91. The number of methoxy groups -OCH3 is 2. The molecule has 1 heterocycles. The summed E-state index contributed by atoms with van der Waals surface area (Å²) in [7, 11) is 2.96. The molecule has 0 aliphatic heterocycles. The van der Waals surface area contributed by atoms with E-state index >= 15 is 0 Å². The summed E-state index contributed by atoms with van der Waals surface area (Å²) in [4.78, 5) is 24.5. The highest BCUT2D eigenvalue weighted by molar-refractivity contribution is 9.10. The van der Waals surface area contributed by atoms with Crippen LogP contribution in [0.4, 0.5) is 0 Å². The number of ketones is 1. The van der Waals surface area contributed by atoms with Gasteiger partial charge in [-0.15, -0.1) is 11.3 Å². The minimum Gasteiger partial charge on any atom is -0.496 e. The van der Waals surface area contributed by atoms with Gasteiger partial charge in [0.2, 0.25) is 0 Å². The number of carbonyl (C=O) groups excluding carboxylic acids is 2. The predicted octanol–water partition coefficient (Wildman–Crippen LogP) is 3.66. The van der Waals surface area contributed by atoms with Gasteiger partial charge in [-0.1, -0.05) is 0 Å². The number of Topliss-reactive ketones (excluding diaryl/α,β-unsaturated/α-hetero) is 1. The molecular formula is C15H13BrO4S. The first kappa shape index (κ1) is 14.5. The van der Waals surface area contributed by atoms with E-state index in [1.807, 2.05) is 18.2 Å². The Bertz CT molecular complexity index is 737. The van der Waals surface area contributed by atoms with Crippen LogP contribution in [0.25, 0.3) is 10.1 Å². The summed E-state index contributed by atoms with van der Waals surface area (Å²) in [6, 6.07) is 5.72. The van der Waals surface area contributed by atoms with E-state index < -0.39 is 0 Å². The van der Waals surface area contributed by atoms with Crippen molar-refractivity contribution < 1.29 is 19.1 Å². The van der Waals surface area contributed by atoms with Crippen molar-refractivity contribution in [1.29, 1.82) is 0 Å². The number of carbonyl (C=O) groups is 2. The maximum absolute atomic E-state index is 12.4. The Balaban J connectivity index is 1.88. The van der Waals surface area contributed by atoms with E-state index in [0.717, 1.165) is 20.3 Å². The number of rotatable bonds is 4. The summed E-state index contributed by atoms with van der Waals surface area (Å²) >= 11 is 4.87. The molecule has 1 aromatic heterocycles. The third-order valence-electron chi connectivity index (χ3n) is 3.66. The molecule has 2 aromatic rings. The van der Waals surface area contributed by atoms with Gasteiger partial charge in [-0.2, -0.15) is 0 Å². The van der Waals surface area contributed by atoms with Crippen molar-refractivity contribution in [3.8, 4) is 5.75 Å². The Morgan fingerprint density at radius 3 is 2.67 bits per heavy atom. The minimum atomic E-state index is -0.293. The summed E-state index contributed by atoms with van der Waals surface area (Å²) in [5.41, 5.74) is 0. The first-order valence-electron chi connectivity index (χ1n) is 6.44. The largest absolute Gasteiger partial charge is 0.496 e. The molecule has 1 aromatic carbocycles. The van der Waals surface area contributed by atoms with Gasteiger partial charge in [0.15, 0.2) is 5.78 Å². The smallest absolute Gasteiger partial charge is 0.309 e. The van der Waals surface area contributed by atoms with Gasteiger partial charge in [-0.3, -0.25) is 9.59 Å². The van der Waals surface area contributed by atoms with Crippen LogP contribution in [0.2, 0.25) is 0 Å². The fraction of sp³-hybridized carbons (Fsp3) is 0.333. The third kappa shape index (κ3) is 2.58. The molecule has 0 unspecified atom stereocenters. The molecule has 6 heteroatoms. The quantitative estimate of drug-likeness (QED) is 0.610. The van der Waals surface area contributed by atoms with Crippen molar-refractivity contribution in [3.05, 3.63) is 27.5 Å². The van der Waals surface area contributed by atoms with E-state index in [1.165, 1.54) is 18.4 Å². The summed E-state index contributed by atoms with van der Waals surface area (Å²) in [5.74, 6) is -0.0207. The van der Waals surface area contributed by atoms with Gasteiger partial charge in [0.05, 0.1) is 29.5 Å². The van der Waals surface area contributed by atoms with Gasteiger partial charge in [-0.25, -0.2) is 0 Å². The van der Waals surface area contributed by atoms with Gasteiger partial charge in [0.1, 0.15) is 5.75 Å². The van der Waals surface area contributed by atoms with Gasteiger partial charge in [0, 0.05) is 10.6 Å². The van der Waals surface area contributed by atoms with E-state index in [-0.39, 0.29) is 23.6 Å². The highest BCUT2D eigenvalue weighted by Gasteiger charge is 2.49. The maximum atomic E-state index is 12.4. The van der Waals surface area contributed by atoms with Crippen LogP contribution in [-0.4, -0.2) is 26.0 Å². The molecule has 110 valence electrons. The minimum absolute atomic E-state index is 0.0293. The molecular weight excluding hydrogens is 356 g/mol. The normalized spacial score (nSPS) is 20.3. The van der Waals surface area contributed by atoms with Crippen molar-refractivity contribution >= 4 is 49.1 Å². The van der Waals surface area contributed by atoms with Gasteiger partial charge < -0.3 is 9.47 Å². The van der Waals surface area contributed by atoms with Crippen LogP contribution in [0, 0.1) is 11.8 Å². The number of ether oxygens (including phenoxy) is 2. The Labute approximate surface area is 134 Å². The molecule has 2 atom stereocenters. The fourth-order valence-corrected chi connectivity index (χ4v) is 4.00. The lowest BCUT2D eigenvalue weighted by molar-refractivity contribution is -0.142. The van der Waals surface area contributed by atoms with Crippen molar-refractivity contribution in [2.75, 3.05) is 14.2 Å². The lowest BCUT2D eigenvalue weighted by atomic mass is 10.1. The topological polar surface area (TPSA) is 52.6 Å². The van der Waals surface area contributed by atoms with E-state index in [0.29, 0.717) is 11.3 Å². The van der Waals surface area contributed by atoms with E-state index in [4.69, 9.17) is 4.74 Å². The number of halogens is 1. The standard InChI is InChI=1S/C15H13BrO4S/c1-19-11-6-12-7(3-10(11)16)4-13(21-12)14(17)8-5-9(8)15(18)20-2/h3-4,6,8-9H,5H2,1-2H3/t8-,9-/m1/s1. The molecule has 3 rings (SSSR count). The average Bonchev–Trinajstić information content (AvgIpc) is 3.18. The van der Waals surface area contributed by atoms with Crippen molar-refractivity contribution in [2.24, 2.45) is 11.8 Å². The maximum Gasteiger partial charge on any atom is 0.309 e. The summed E-state index contributed by atoms with van der Waals surface area (Å²) < 4.78 is 11.8. The zero-order chi connectivity index (χ0) is 15.1. The lowest BCUT2D eigenvalue weighted by Crippen LogP contribution is -2.09. The highest BCUT2D eigenvalue weighted by atomic mass is 79.9. The van der Waals surface area contributed by atoms with Crippen LogP contribution in [0.1, 0.15) is 16.1 Å². The van der Waals surface area contributed by atoms with Crippen molar-refractivity contribution in [3.63, 3.8) is 0 Å². The molecule has 0 saturated heterocycles. The first-order valence-corrected chi connectivity index (χ1v) is 8.05. The molecule has 1 fully saturated rings. The van der Waals surface area contributed by atoms with E-state index in [9.17, 15) is 9.59 Å². The molecule has 1 saturated carbocycles. The van der Waals surface area contributed by atoms with E-state index in [1.54, 1.807) is 7.11 Å². The predicted molar refractivity (Wildman–Crippen MR) is 84.0 cm³/mol. The Hall–Kier alpha value is -1.40. The number of benzene rings is 1. The van der Waals surface area contributed by atoms with E-state index in [2.05, 4.69) is 20.7 Å². The molecule has 0 bridgehead atoms. The van der Waals surface area contributed by atoms with Gasteiger partial charge in [0.25, 0.3) is 0 Å². The van der Waals surface area contributed by atoms with Crippen LogP contribution in [0.15, 0.2) is 22.7 Å². The molecule has 1 aliphatic rings. The van der Waals surface area contributed by atoms with Crippen molar-refractivity contribution in [2.45, 2.75) is 6.42 Å². The number of thiophene rings is 1. The SMILES string of the molecule is COC(=O)[C@@H]1C[C@H]1C(=O)c1cc2cc(Br)c(OC)cc2s1. The van der Waals surface area contributed by atoms with Crippen LogP contribution < -0.4 is 4.74 Å². The molecule has 0 amide bonds. The van der Waals surface area contributed by atoms with Crippen molar-refractivity contribution in [1.82, 2.24) is 0 Å². The average molecular weight is 369 g/mol. The molecule has 0 spiro atoms. The fourth-order valence-electron chi connectivity index (χ4n) is 2.40. The number of hydrogen-bond acceptors (Lipinski definition) is 5. The Kier molecular flexibility index (Phi) is 3.75. The molecule has 0 radical (unpaired) electrons. The first-order chi connectivity index (χ1) is 10.0. The Morgan fingerprint density at radius 2 is 2.00 bits per heavy atom. The lowest BCUT2D eigenvalue weighted by Gasteiger charge is -2.01. The van der Waals surface area contributed by atoms with Crippen LogP contribution in [-0.2, 0) is 9.53 Å².